The van der Waals surface area contributed by atoms with Gasteiger partial charge in [0.15, 0.2) is 6.29 Å². The van der Waals surface area contributed by atoms with E-state index in [0.29, 0.717) is 12.8 Å². The van der Waals surface area contributed by atoms with Gasteiger partial charge in [0.05, 0.1) is 25.4 Å². The van der Waals surface area contributed by atoms with Crippen molar-refractivity contribution in [2.45, 2.75) is 337 Å². The maximum Gasteiger partial charge on any atom is 0.472 e. The van der Waals surface area contributed by atoms with Gasteiger partial charge in [-0.3, -0.25) is 13.8 Å². The van der Waals surface area contributed by atoms with Crippen LogP contribution in [0.5, 0.6) is 0 Å². The fraction of sp³-hybridized carbons (Fsp3) is 0.982. The van der Waals surface area contributed by atoms with Crippen molar-refractivity contribution in [2.75, 3.05) is 13.2 Å². The summed E-state index contributed by atoms with van der Waals surface area (Å²) in [5.74, 6) is -0.918. The molecule has 0 radical (unpaired) electrons. The standard InChI is InChI=1S/C56H110NO18P/c1-3-5-7-9-11-13-15-17-19-20-21-22-23-24-26-28-30-32-34-36-38-43(60)55(69)57-41(45(61)42(59)37-35-33-31-29-27-25-18-16-14-12-10-8-6-4-2)40-72-76(70,71)75-54-51(67)49(65)48(64)50(66)53(54)74-56-52(68)47(63)46(62)44(39-58)73-56/h41-54,56,58-68H,3-40H2,1-2H3,(H,57,69)(H,70,71)/t41-,42?,43?,44+,45-,46+,47-,48+,49+,50-,51+,52-,53+,54+,56?/m0/s1. The monoisotopic (exact) mass is 1120 g/mol. The molecule has 4 unspecified atom stereocenters. The summed E-state index contributed by atoms with van der Waals surface area (Å²) in [4.78, 5) is 24.3. The zero-order chi connectivity index (χ0) is 56.1. The molecule has 1 aliphatic carbocycles. The van der Waals surface area contributed by atoms with Crippen LogP contribution in [0.1, 0.15) is 245 Å². The van der Waals surface area contributed by atoms with E-state index in [-0.39, 0.29) is 12.8 Å². The van der Waals surface area contributed by atoms with Crippen LogP contribution in [0.3, 0.4) is 0 Å². The van der Waals surface area contributed by atoms with Crippen LogP contribution >= 0.6 is 7.82 Å². The number of aliphatic hydroxyl groups is 11. The summed E-state index contributed by atoms with van der Waals surface area (Å²) in [6, 6.07) is -1.58. The smallest absolute Gasteiger partial charge is 0.394 e. The highest BCUT2D eigenvalue weighted by molar-refractivity contribution is 7.47. The summed E-state index contributed by atoms with van der Waals surface area (Å²) in [7, 11) is -5.49. The number of carbonyl (C=O) groups is 1. The third-order valence-corrected chi connectivity index (χ3v) is 16.5. The number of ether oxygens (including phenoxy) is 2. The SMILES string of the molecule is CCCCCCCCCCCCCCCCCCCCCCC(O)C(=O)N[C@@H](COP(=O)(O)O[C@@H]1[C@H](O)[C@H](O)[C@@H](O)[C@H](O)[C@H]1OC1O[C@H](CO)[C@@H](O)[C@H](O)[C@@H]1O)[C@H](O)C(O)CCCCCCCCCCCCCCCC. The molecule has 1 amide bonds. The van der Waals surface area contributed by atoms with E-state index in [2.05, 4.69) is 19.2 Å². The van der Waals surface area contributed by atoms with Crippen LogP contribution in [0.25, 0.3) is 0 Å². The summed E-state index contributed by atoms with van der Waals surface area (Å²) in [5, 5.41) is 119. The Labute approximate surface area is 456 Å². The molecule has 0 bridgehead atoms. The van der Waals surface area contributed by atoms with Crippen molar-refractivity contribution in [3.63, 3.8) is 0 Å². The molecule has 0 aromatic carbocycles. The number of aliphatic hydroxyl groups excluding tert-OH is 11. The molecule has 20 heteroatoms. The summed E-state index contributed by atoms with van der Waals surface area (Å²) in [6.07, 6.45) is 13.0. The van der Waals surface area contributed by atoms with Gasteiger partial charge in [0.25, 0.3) is 0 Å². The average molecular weight is 1120 g/mol. The molecule has 0 aromatic rings. The van der Waals surface area contributed by atoms with E-state index in [0.717, 1.165) is 57.8 Å². The summed E-state index contributed by atoms with van der Waals surface area (Å²) in [5.41, 5.74) is 0. The molecule has 1 saturated carbocycles. The molecule has 0 spiro atoms. The van der Waals surface area contributed by atoms with Gasteiger partial charge >= 0.3 is 7.82 Å². The van der Waals surface area contributed by atoms with E-state index in [1.807, 2.05) is 0 Å². The van der Waals surface area contributed by atoms with E-state index in [1.54, 1.807) is 0 Å². The minimum absolute atomic E-state index is 0.101. The molecular formula is C56H110NO18P. The second-order valence-corrected chi connectivity index (χ2v) is 23.6. The van der Waals surface area contributed by atoms with Crippen molar-refractivity contribution in [3.8, 4) is 0 Å². The average Bonchev–Trinajstić information content (AvgIpc) is 3.40. The van der Waals surface area contributed by atoms with Crippen molar-refractivity contribution in [2.24, 2.45) is 0 Å². The molecule has 13 N–H and O–H groups in total. The lowest BCUT2D eigenvalue weighted by Gasteiger charge is -2.47. The van der Waals surface area contributed by atoms with Crippen LogP contribution < -0.4 is 5.32 Å². The van der Waals surface area contributed by atoms with Gasteiger partial charge < -0.3 is 75.9 Å². The molecule has 0 aromatic heterocycles. The highest BCUT2D eigenvalue weighted by atomic mass is 31.2. The lowest BCUT2D eigenvalue weighted by atomic mass is 9.84. The predicted octanol–water partition coefficient (Wildman–Crippen LogP) is 6.78. The van der Waals surface area contributed by atoms with Gasteiger partial charge in [0, 0.05) is 0 Å². The van der Waals surface area contributed by atoms with Crippen LogP contribution in [-0.2, 0) is 27.9 Å². The van der Waals surface area contributed by atoms with E-state index in [4.69, 9.17) is 18.5 Å². The first-order valence-electron chi connectivity index (χ1n) is 30.2. The highest BCUT2D eigenvalue weighted by Gasteiger charge is 2.55. The Morgan fingerprint density at radius 2 is 0.855 bits per heavy atom. The van der Waals surface area contributed by atoms with E-state index >= 15 is 0 Å². The van der Waals surface area contributed by atoms with Crippen LogP contribution in [0.4, 0.5) is 0 Å². The molecule has 2 rings (SSSR count). The lowest BCUT2D eigenvalue weighted by molar-refractivity contribution is -0.338. The zero-order valence-electron chi connectivity index (χ0n) is 46.8. The van der Waals surface area contributed by atoms with Crippen molar-refractivity contribution in [1.29, 1.82) is 0 Å². The van der Waals surface area contributed by atoms with Gasteiger partial charge in [-0.05, 0) is 12.8 Å². The van der Waals surface area contributed by atoms with Crippen LogP contribution in [0, 0.1) is 0 Å². The van der Waals surface area contributed by atoms with Gasteiger partial charge in [0.1, 0.15) is 73.2 Å². The number of carbonyl (C=O) groups excluding carboxylic acids is 1. The Kier molecular flexibility index (Phi) is 40.1. The number of nitrogens with one attached hydrogen (secondary N) is 1. The minimum Gasteiger partial charge on any atom is -0.394 e. The van der Waals surface area contributed by atoms with E-state index < -0.39 is 119 Å². The summed E-state index contributed by atoms with van der Waals surface area (Å²) in [6.45, 7) is 2.61. The third-order valence-electron chi connectivity index (χ3n) is 15.5. The molecule has 1 heterocycles. The normalized spacial score (nSPS) is 27.5. The molecule has 2 fully saturated rings. The van der Waals surface area contributed by atoms with Crippen molar-refractivity contribution < 1.29 is 88.9 Å². The number of phosphoric acid groups is 1. The molecule has 76 heavy (non-hydrogen) atoms. The topological polar surface area (TPSA) is 326 Å². The fourth-order valence-electron chi connectivity index (χ4n) is 10.4. The first-order chi connectivity index (χ1) is 36.5. The first-order valence-corrected chi connectivity index (χ1v) is 31.7. The van der Waals surface area contributed by atoms with Crippen molar-refractivity contribution >= 4 is 13.7 Å². The summed E-state index contributed by atoms with van der Waals surface area (Å²) < 4.78 is 34.8. The molecule has 1 saturated heterocycles. The van der Waals surface area contributed by atoms with Crippen LogP contribution in [-0.4, -0.2) is 172 Å². The summed E-state index contributed by atoms with van der Waals surface area (Å²) >= 11 is 0. The Balaban J connectivity index is 1.93. The fourth-order valence-corrected chi connectivity index (χ4v) is 11.3. The molecule has 16 atom stereocenters. The van der Waals surface area contributed by atoms with Gasteiger partial charge in [-0.15, -0.1) is 0 Å². The third kappa shape index (κ3) is 29.2. The molecular weight excluding hydrogens is 1010 g/mol. The molecule has 1 aliphatic heterocycles. The van der Waals surface area contributed by atoms with Gasteiger partial charge in [-0.2, -0.15) is 0 Å². The number of amides is 1. The van der Waals surface area contributed by atoms with Gasteiger partial charge in [0.2, 0.25) is 5.91 Å². The maximum absolute atomic E-state index is 13.6. The Hall–Kier alpha value is -0.940. The maximum atomic E-state index is 13.6. The second-order valence-electron chi connectivity index (χ2n) is 22.2. The van der Waals surface area contributed by atoms with Crippen LogP contribution in [0.15, 0.2) is 0 Å². The number of hydrogen-bond donors (Lipinski definition) is 13. The number of unbranched alkanes of at least 4 members (excludes halogenated alkanes) is 32. The predicted molar refractivity (Wildman–Crippen MR) is 291 cm³/mol. The number of phosphoric ester groups is 1. The van der Waals surface area contributed by atoms with Crippen molar-refractivity contribution in [3.05, 3.63) is 0 Å². The largest absolute Gasteiger partial charge is 0.472 e. The Morgan fingerprint density at radius 3 is 1.25 bits per heavy atom. The van der Waals surface area contributed by atoms with Crippen molar-refractivity contribution in [1.82, 2.24) is 5.32 Å². The Bertz CT molecular complexity index is 1460. The zero-order valence-corrected chi connectivity index (χ0v) is 47.7. The first kappa shape index (κ1) is 71.2. The quantitative estimate of drug-likeness (QED) is 0.0220. The minimum atomic E-state index is -5.49. The molecule has 452 valence electrons. The Morgan fingerprint density at radius 1 is 0.500 bits per heavy atom. The molecule has 19 nitrogen and oxygen atoms in total. The van der Waals surface area contributed by atoms with Gasteiger partial charge in [-0.25, -0.2) is 4.57 Å². The highest BCUT2D eigenvalue weighted by Crippen LogP contribution is 2.48. The van der Waals surface area contributed by atoms with E-state index in [9.17, 15) is 70.4 Å². The lowest BCUT2D eigenvalue weighted by Crippen LogP contribution is -2.67. The van der Waals surface area contributed by atoms with Gasteiger partial charge in [-0.1, -0.05) is 232 Å². The number of hydrogen-bond acceptors (Lipinski definition) is 17. The number of rotatable bonds is 48. The van der Waals surface area contributed by atoms with Crippen LogP contribution in [0.2, 0.25) is 0 Å². The van der Waals surface area contributed by atoms with E-state index in [1.165, 1.54) is 148 Å². The molecule has 2 aliphatic rings. The second kappa shape index (κ2) is 42.8.